The monoisotopic (exact) mass is 397 g/mol. The fourth-order valence-electron chi connectivity index (χ4n) is 3.07. The summed E-state index contributed by atoms with van der Waals surface area (Å²) in [5.74, 6) is 0.895. The standard InChI is InChI=1S/C24H19N3O3/c1-27-16-21(23(28)20-9-5-6-10-22(20)27)24(29)26-25-15-17-11-13-19(14-12-17)30-18-7-3-2-4-8-18/h2-16H,1H3,(H,26,29)/b25-15+. The van der Waals surface area contributed by atoms with E-state index < -0.39 is 5.91 Å². The zero-order chi connectivity index (χ0) is 20.9. The molecule has 0 spiro atoms. The van der Waals surface area contributed by atoms with Crippen molar-refractivity contribution in [2.45, 2.75) is 0 Å². The second-order valence-electron chi connectivity index (χ2n) is 6.68. The first-order valence-electron chi connectivity index (χ1n) is 9.36. The second kappa shape index (κ2) is 8.45. The maximum atomic E-state index is 12.6. The SMILES string of the molecule is Cn1cc(C(=O)N/N=C/c2ccc(Oc3ccccc3)cc2)c(=O)c2ccccc21. The summed E-state index contributed by atoms with van der Waals surface area (Å²) in [5, 5.41) is 4.46. The van der Waals surface area contributed by atoms with Crippen molar-refractivity contribution in [3.8, 4) is 11.5 Å². The van der Waals surface area contributed by atoms with Gasteiger partial charge in [-0.05, 0) is 54.1 Å². The number of carbonyl (C=O) groups is 1. The number of benzene rings is 3. The molecule has 1 aromatic heterocycles. The molecule has 0 fully saturated rings. The number of amides is 1. The molecule has 1 amide bonds. The molecule has 1 heterocycles. The lowest BCUT2D eigenvalue weighted by Gasteiger charge is -2.08. The topological polar surface area (TPSA) is 72.7 Å². The van der Waals surface area contributed by atoms with E-state index in [-0.39, 0.29) is 11.0 Å². The maximum absolute atomic E-state index is 12.6. The smallest absolute Gasteiger partial charge is 0.276 e. The summed E-state index contributed by atoms with van der Waals surface area (Å²) in [6.07, 6.45) is 3.03. The number of pyridine rings is 1. The first kappa shape index (κ1) is 19.1. The molecule has 0 radical (unpaired) electrons. The fraction of sp³-hybridized carbons (Fsp3) is 0.0417. The van der Waals surface area contributed by atoms with E-state index in [1.54, 1.807) is 23.7 Å². The highest BCUT2D eigenvalue weighted by atomic mass is 16.5. The molecular formula is C24H19N3O3. The number of hydrogen-bond acceptors (Lipinski definition) is 4. The van der Waals surface area contributed by atoms with Gasteiger partial charge in [-0.25, -0.2) is 5.43 Å². The van der Waals surface area contributed by atoms with Gasteiger partial charge in [0.15, 0.2) is 0 Å². The zero-order valence-electron chi connectivity index (χ0n) is 16.3. The van der Waals surface area contributed by atoms with Crippen LogP contribution in [0.25, 0.3) is 10.9 Å². The quantitative estimate of drug-likeness (QED) is 0.407. The summed E-state index contributed by atoms with van der Waals surface area (Å²) in [4.78, 5) is 25.1. The third-order valence-electron chi connectivity index (χ3n) is 4.58. The second-order valence-corrected chi connectivity index (χ2v) is 6.68. The van der Waals surface area contributed by atoms with Crippen molar-refractivity contribution in [1.29, 1.82) is 0 Å². The van der Waals surface area contributed by atoms with E-state index in [2.05, 4.69) is 10.5 Å². The van der Waals surface area contributed by atoms with Crippen LogP contribution in [0.1, 0.15) is 15.9 Å². The molecule has 0 saturated heterocycles. The highest BCUT2D eigenvalue weighted by Crippen LogP contribution is 2.20. The van der Waals surface area contributed by atoms with E-state index in [4.69, 9.17) is 4.74 Å². The van der Waals surface area contributed by atoms with Gasteiger partial charge in [0.2, 0.25) is 5.43 Å². The van der Waals surface area contributed by atoms with Crippen LogP contribution < -0.4 is 15.6 Å². The van der Waals surface area contributed by atoms with E-state index in [1.807, 2.05) is 66.7 Å². The van der Waals surface area contributed by atoms with Crippen LogP contribution in [0.3, 0.4) is 0 Å². The van der Waals surface area contributed by atoms with Crippen LogP contribution in [-0.2, 0) is 7.05 Å². The Balaban J connectivity index is 1.44. The number of fused-ring (bicyclic) bond motifs is 1. The largest absolute Gasteiger partial charge is 0.457 e. The van der Waals surface area contributed by atoms with Gasteiger partial charge in [0, 0.05) is 18.6 Å². The van der Waals surface area contributed by atoms with Crippen molar-refractivity contribution >= 4 is 23.0 Å². The van der Waals surface area contributed by atoms with Crippen LogP contribution in [0.4, 0.5) is 0 Å². The Morgan fingerprint density at radius 1 is 0.933 bits per heavy atom. The summed E-state index contributed by atoms with van der Waals surface area (Å²) in [6.45, 7) is 0. The molecule has 3 aromatic carbocycles. The van der Waals surface area contributed by atoms with Gasteiger partial charge in [0.05, 0.1) is 11.7 Å². The first-order chi connectivity index (χ1) is 14.6. The van der Waals surface area contributed by atoms with Crippen LogP contribution >= 0.6 is 0 Å². The number of hydrazone groups is 1. The van der Waals surface area contributed by atoms with Gasteiger partial charge >= 0.3 is 0 Å². The number of aryl methyl sites for hydroxylation is 1. The van der Waals surface area contributed by atoms with Crippen LogP contribution in [-0.4, -0.2) is 16.7 Å². The molecule has 6 nitrogen and oxygen atoms in total. The van der Waals surface area contributed by atoms with E-state index in [9.17, 15) is 9.59 Å². The molecule has 30 heavy (non-hydrogen) atoms. The molecular weight excluding hydrogens is 378 g/mol. The summed E-state index contributed by atoms with van der Waals surface area (Å²) in [7, 11) is 1.79. The Bertz CT molecular complexity index is 1280. The molecule has 4 rings (SSSR count). The minimum atomic E-state index is -0.554. The summed E-state index contributed by atoms with van der Waals surface area (Å²) < 4.78 is 7.49. The number of ether oxygens (including phenoxy) is 1. The molecule has 1 N–H and O–H groups in total. The normalized spacial score (nSPS) is 11.0. The predicted molar refractivity (Wildman–Crippen MR) is 117 cm³/mol. The van der Waals surface area contributed by atoms with Crippen LogP contribution in [0, 0.1) is 0 Å². The minimum absolute atomic E-state index is 0.0416. The average Bonchev–Trinajstić information content (AvgIpc) is 2.78. The Kier molecular flexibility index (Phi) is 5.39. The van der Waals surface area contributed by atoms with Gasteiger partial charge in [-0.3, -0.25) is 9.59 Å². The molecule has 6 heteroatoms. The Morgan fingerprint density at radius 3 is 2.37 bits per heavy atom. The maximum Gasteiger partial charge on any atom is 0.276 e. The zero-order valence-corrected chi connectivity index (χ0v) is 16.3. The fourth-order valence-corrected chi connectivity index (χ4v) is 3.07. The van der Waals surface area contributed by atoms with Crippen molar-refractivity contribution < 1.29 is 9.53 Å². The lowest BCUT2D eigenvalue weighted by molar-refractivity contribution is 0.0953. The van der Waals surface area contributed by atoms with E-state index in [1.165, 1.54) is 12.4 Å². The number of nitrogens with one attached hydrogen (secondary N) is 1. The number of nitrogens with zero attached hydrogens (tertiary/aromatic N) is 2. The van der Waals surface area contributed by atoms with E-state index in [0.717, 1.165) is 16.8 Å². The molecule has 0 aliphatic heterocycles. The summed E-state index contributed by atoms with van der Waals surface area (Å²) >= 11 is 0. The highest BCUT2D eigenvalue weighted by Gasteiger charge is 2.13. The molecule has 0 saturated carbocycles. The van der Waals surface area contributed by atoms with Gasteiger partial charge in [-0.2, -0.15) is 5.10 Å². The molecule has 4 aromatic rings. The summed E-state index contributed by atoms with van der Waals surface area (Å²) in [6, 6.07) is 23.9. The van der Waals surface area contributed by atoms with Gasteiger partial charge < -0.3 is 9.30 Å². The van der Waals surface area contributed by atoms with Crippen molar-refractivity contribution in [3.63, 3.8) is 0 Å². The van der Waals surface area contributed by atoms with Gasteiger partial charge in [0.1, 0.15) is 17.1 Å². The Hall–Kier alpha value is -4.19. The van der Waals surface area contributed by atoms with Gasteiger partial charge in [-0.1, -0.05) is 30.3 Å². The number of carbonyl (C=O) groups excluding carboxylic acids is 1. The van der Waals surface area contributed by atoms with Crippen LogP contribution in [0.15, 0.2) is 95.0 Å². The molecule has 0 bridgehead atoms. The molecule has 0 atom stereocenters. The Morgan fingerprint density at radius 2 is 1.60 bits per heavy atom. The number of para-hydroxylation sites is 2. The van der Waals surface area contributed by atoms with Crippen molar-refractivity contribution in [3.05, 3.63) is 106 Å². The molecule has 0 aliphatic rings. The molecule has 0 unspecified atom stereocenters. The predicted octanol–water partition coefficient (Wildman–Crippen LogP) is 4.09. The average molecular weight is 397 g/mol. The van der Waals surface area contributed by atoms with Crippen molar-refractivity contribution in [2.75, 3.05) is 0 Å². The van der Waals surface area contributed by atoms with E-state index in [0.29, 0.717) is 11.1 Å². The lowest BCUT2D eigenvalue weighted by Crippen LogP contribution is -2.26. The Labute approximate surface area is 173 Å². The third-order valence-corrected chi connectivity index (χ3v) is 4.58. The minimum Gasteiger partial charge on any atom is -0.457 e. The van der Waals surface area contributed by atoms with Crippen LogP contribution in [0.2, 0.25) is 0 Å². The van der Waals surface area contributed by atoms with Gasteiger partial charge in [0.25, 0.3) is 5.91 Å². The van der Waals surface area contributed by atoms with Crippen LogP contribution in [0.5, 0.6) is 11.5 Å². The number of aromatic nitrogens is 1. The molecule has 0 aliphatic carbocycles. The van der Waals surface area contributed by atoms with Crippen molar-refractivity contribution in [1.82, 2.24) is 9.99 Å². The first-order valence-corrected chi connectivity index (χ1v) is 9.36. The number of rotatable bonds is 5. The van der Waals surface area contributed by atoms with E-state index >= 15 is 0 Å². The molecule has 148 valence electrons. The summed E-state index contributed by atoms with van der Waals surface area (Å²) in [5.41, 5.74) is 3.69. The third kappa shape index (κ3) is 4.12. The highest BCUT2D eigenvalue weighted by molar-refractivity contribution is 5.97. The van der Waals surface area contributed by atoms with Crippen molar-refractivity contribution in [2.24, 2.45) is 12.1 Å². The lowest BCUT2D eigenvalue weighted by atomic mass is 10.1. The van der Waals surface area contributed by atoms with Gasteiger partial charge in [-0.15, -0.1) is 0 Å². The number of hydrogen-bond donors (Lipinski definition) is 1.